The second-order valence-electron chi connectivity index (χ2n) is 4.00. The first-order valence-electron chi connectivity index (χ1n) is 6.50. The summed E-state index contributed by atoms with van der Waals surface area (Å²) >= 11 is 0. The number of ether oxygens (including phenoxy) is 3. The van der Waals surface area contributed by atoms with Crippen LogP contribution in [0, 0.1) is 0 Å². The zero-order valence-corrected chi connectivity index (χ0v) is 11.6. The van der Waals surface area contributed by atoms with Gasteiger partial charge in [-0.2, -0.15) is 13.2 Å². The van der Waals surface area contributed by atoms with Crippen molar-refractivity contribution in [1.82, 2.24) is 0 Å². The van der Waals surface area contributed by atoms with E-state index in [4.69, 9.17) is 14.2 Å². The highest BCUT2D eigenvalue weighted by molar-refractivity contribution is 5.30. The summed E-state index contributed by atoms with van der Waals surface area (Å²) in [6.45, 7) is 4.94. The molecule has 1 aromatic rings. The molecule has 0 N–H and O–H groups in total. The predicted molar refractivity (Wildman–Crippen MR) is 68.6 cm³/mol. The van der Waals surface area contributed by atoms with Gasteiger partial charge in [-0.15, -0.1) is 0 Å². The van der Waals surface area contributed by atoms with Crippen molar-refractivity contribution in [2.75, 3.05) is 19.8 Å². The van der Waals surface area contributed by atoms with E-state index < -0.39 is 18.0 Å². The summed E-state index contributed by atoms with van der Waals surface area (Å²) in [5.74, 6) is 0.187. The maximum absolute atomic E-state index is 12.5. The van der Waals surface area contributed by atoms with Gasteiger partial charge in [0.25, 0.3) is 0 Å². The molecule has 0 aliphatic rings. The van der Waals surface area contributed by atoms with Gasteiger partial charge in [-0.3, -0.25) is 0 Å². The molecule has 0 unspecified atom stereocenters. The Morgan fingerprint density at radius 1 is 1.10 bits per heavy atom. The van der Waals surface area contributed by atoms with Gasteiger partial charge in [-0.05, 0) is 32.0 Å². The predicted octanol–water partition coefficient (Wildman–Crippen LogP) is 3.87. The molecule has 20 heavy (non-hydrogen) atoms. The fourth-order valence-corrected chi connectivity index (χ4v) is 1.62. The van der Waals surface area contributed by atoms with E-state index in [1.807, 2.05) is 13.8 Å². The van der Waals surface area contributed by atoms with Crippen LogP contribution in [0.15, 0.2) is 24.3 Å². The summed E-state index contributed by atoms with van der Waals surface area (Å²) in [5, 5.41) is 0. The average Bonchev–Trinajstić information content (AvgIpc) is 2.38. The van der Waals surface area contributed by atoms with Gasteiger partial charge in [0.05, 0.1) is 12.2 Å². The van der Waals surface area contributed by atoms with Gasteiger partial charge >= 0.3 is 6.18 Å². The van der Waals surface area contributed by atoms with Crippen molar-refractivity contribution in [3.8, 4) is 5.75 Å². The van der Waals surface area contributed by atoms with Crippen molar-refractivity contribution in [1.29, 1.82) is 0 Å². The van der Waals surface area contributed by atoms with E-state index in [1.165, 1.54) is 12.1 Å². The smallest absolute Gasteiger partial charge is 0.416 e. The van der Waals surface area contributed by atoms with Gasteiger partial charge < -0.3 is 14.2 Å². The van der Waals surface area contributed by atoms with E-state index in [2.05, 4.69) is 0 Å². The summed E-state index contributed by atoms with van der Waals surface area (Å²) in [6.07, 6.45) is -4.30. The van der Waals surface area contributed by atoms with Crippen LogP contribution in [0.2, 0.25) is 0 Å². The molecule has 0 bridgehead atoms. The average molecular weight is 292 g/mol. The number of hydrogen-bond acceptors (Lipinski definition) is 3. The van der Waals surface area contributed by atoms with E-state index in [0.717, 1.165) is 12.1 Å². The maximum Gasteiger partial charge on any atom is 0.416 e. The van der Waals surface area contributed by atoms with Crippen molar-refractivity contribution in [3.05, 3.63) is 29.8 Å². The molecule has 1 aromatic carbocycles. The lowest BCUT2D eigenvalue weighted by molar-refractivity contribution is -0.143. The Morgan fingerprint density at radius 2 is 1.75 bits per heavy atom. The van der Waals surface area contributed by atoms with Gasteiger partial charge in [-0.1, -0.05) is 6.07 Å². The van der Waals surface area contributed by atoms with Gasteiger partial charge in [0.1, 0.15) is 5.75 Å². The van der Waals surface area contributed by atoms with Crippen LogP contribution in [0.1, 0.15) is 25.8 Å². The second-order valence-corrected chi connectivity index (χ2v) is 4.00. The minimum atomic E-state index is -4.36. The molecule has 0 atom stereocenters. The first-order valence-corrected chi connectivity index (χ1v) is 6.50. The molecular weight excluding hydrogens is 273 g/mol. The van der Waals surface area contributed by atoms with Crippen LogP contribution < -0.4 is 4.74 Å². The summed E-state index contributed by atoms with van der Waals surface area (Å²) < 4.78 is 53.5. The Hall–Kier alpha value is -1.27. The van der Waals surface area contributed by atoms with Crippen LogP contribution in [-0.2, 0) is 15.7 Å². The normalized spacial score (nSPS) is 11.9. The molecule has 0 aliphatic heterocycles. The fourth-order valence-electron chi connectivity index (χ4n) is 1.62. The molecule has 0 aliphatic carbocycles. The van der Waals surface area contributed by atoms with Crippen LogP contribution in [0.3, 0.4) is 0 Å². The SMILES string of the molecule is CCOC(CCOc1cccc(C(F)(F)F)c1)OCC. The summed E-state index contributed by atoms with van der Waals surface area (Å²) in [5.41, 5.74) is -0.721. The number of hydrogen-bond donors (Lipinski definition) is 0. The molecule has 0 amide bonds. The zero-order valence-electron chi connectivity index (χ0n) is 11.6. The molecule has 0 saturated heterocycles. The van der Waals surface area contributed by atoms with Crippen LogP contribution >= 0.6 is 0 Å². The Labute approximate surface area is 116 Å². The minimum Gasteiger partial charge on any atom is -0.493 e. The summed E-state index contributed by atoms with van der Waals surface area (Å²) in [4.78, 5) is 0. The molecule has 0 fully saturated rings. The monoisotopic (exact) mass is 292 g/mol. The summed E-state index contributed by atoms with van der Waals surface area (Å²) in [7, 11) is 0. The molecule has 1 rings (SSSR count). The Bertz CT molecular complexity index is 387. The van der Waals surface area contributed by atoms with Crippen molar-refractivity contribution in [3.63, 3.8) is 0 Å². The fraction of sp³-hybridized carbons (Fsp3) is 0.571. The highest BCUT2D eigenvalue weighted by Crippen LogP contribution is 2.31. The van der Waals surface area contributed by atoms with Crippen LogP contribution in [0.25, 0.3) is 0 Å². The lowest BCUT2D eigenvalue weighted by Gasteiger charge is -2.17. The van der Waals surface area contributed by atoms with E-state index in [-0.39, 0.29) is 12.4 Å². The maximum atomic E-state index is 12.5. The largest absolute Gasteiger partial charge is 0.493 e. The van der Waals surface area contributed by atoms with Crippen LogP contribution in [-0.4, -0.2) is 26.1 Å². The van der Waals surface area contributed by atoms with E-state index >= 15 is 0 Å². The molecule has 6 heteroatoms. The standard InChI is InChI=1S/C14H19F3O3/c1-3-18-13(19-4-2)8-9-20-12-7-5-6-11(10-12)14(15,16)17/h5-7,10,13H,3-4,8-9H2,1-2H3. The highest BCUT2D eigenvalue weighted by Gasteiger charge is 2.30. The molecule has 0 aromatic heterocycles. The number of rotatable bonds is 8. The zero-order chi connectivity index (χ0) is 15.0. The molecular formula is C14H19F3O3. The molecule has 0 heterocycles. The van der Waals surface area contributed by atoms with Gasteiger partial charge in [0.2, 0.25) is 0 Å². The first-order chi connectivity index (χ1) is 9.47. The van der Waals surface area contributed by atoms with E-state index in [0.29, 0.717) is 19.6 Å². The molecule has 3 nitrogen and oxygen atoms in total. The molecule has 0 saturated carbocycles. The number of alkyl halides is 3. The van der Waals surface area contributed by atoms with Crippen molar-refractivity contribution in [2.24, 2.45) is 0 Å². The van der Waals surface area contributed by atoms with Crippen molar-refractivity contribution >= 4 is 0 Å². The van der Waals surface area contributed by atoms with E-state index in [1.54, 1.807) is 0 Å². The highest BCUT2D eigenvalue weighted by atomic mass is 19.4. The number of benzene rings is 1. The number of halogens is 3. The van der Waals surface area contributed by atoms with Crippen LogP contribution in [0.4, 0.5) is 13.2 Å². The van der Waals surface area contributed by atoms with E-state index in [9.17, 15) is 13.2 Å². The van der Waals surface area contributed by atoms with Crippen molar-refractivity contribution < 1.29 is 27.4 Å². The topological polar surface area (TPSA) is 27.7 Å². The molecule has 114 valence electrons. The Morgan fingerprint density at radius 3 is 2.30 bits per heavy atom. The lowest BCUT2D eigenvalue weighted by atomic mass is 10.2. The van der Waals surface area contributed by atoms with Crippen molar-refractivity contribution in [2.45, 2.75) is 32.7 Å². The molecule has 0 radical (unpaired) electrons. The van der Waals surface area contributed by atoms with Gasteiger partial charge in [-0.25, -0.2) is 0 Å². The second kappa shape index (κ2) is 8.11. The van der Waals surface area contributed by atoms with Gasteiger partial charge in [0, 0.05) is 19.6 Å². The molecule has 0 spiro atoms. The third-order valence-electron chi connectivity index (χ3n) is 2.49. The van der Waals surface area contributed by atoms with Crippen LogP contribution in [0.5, 0.6) is 5.75 Å². The summed E-state index contributed by atoms with van der Waals surface area (Å²) in [6, 6.07) is 4.80. The third kappa shape index (κ3) is 5.79. The lowest BCUT2D eigenvalue weighted by Crippen LogP contribution is -2.20. The minimum absolute atomic E-state index is 0.187. The van der Waals surface area contributed by atoms with Gasteiger partial charge in [0.15, 0.2) is 6.29 Å². The first kappa shape index (κ1) is 16.8. The third-order valence-corrected chi connectivity index (χ3v) is 2.49. The Balaban J connectivity index is 2.49. The quantitative estimate of drug-likeness (QED) is 0.681. The Kier molecular flexibility index (Phi) is 6.81.